The molecule has 50 heavy (non-hydrogen) atoms. The Hall–Kier alpha value is -4.97. The van der Waals surface area contributed by atoms with Gasteiger partial charge in [-0.2, -0.15) is 0 Å². The van der Waals surface area contributed by atoms with Crippen molar-refractivity contribution in [2.24, 2.45) is 0 Å². The Morgan fingerprint density at radius 2 is 1.84 bits per heavy atom. The van der Waals surface area contributed by atoms with Crippen LogP contribution in [-0.2, 0) is 25.5 Å². The van der Waals surface area contributed by atoms with E-state index in [0.717, 1.165) is 22.0 Å². The number of nitrogens with one attached hydrogen (secondary N) is 2. The molecule has 3 aromatic rings. The summed E-state index contributed by atoms with van der Waals surface area (Å²) in [5, 5.41) is 25.5. The molecular formula is C32H29F2N5O9S2. The number of halogens is 2. The quantitative estimate of drug-likeness (QED) is 0.225. The zero-order chi connectivity index (χ0) is 35.4. The van der Waals surface area contributed by atoms with Crippen molar-refractivity contribution in [1.29, 1.82) is 0 Å². The third kappa shape index (κ3) is 6.06. The summed E-state index contributed by atoms with van der Waals surface area (Å²) in [5.41, 5.74) is -2.28. The number of carboxylic acid groups (broad SMARTS) is 2. The molecule has 3 amide bonds. The number of ether oxygens (including phenoxy) is 1. The number of benzene rings is 1. The fourth-order valence-electron chi connectivity index (χ4n) is 6.55. The lowest BCUT2D eigenvalue weighted by Gasteiger charge is -2.49. The maximum absolute atomic E-state index is 16.0. The molecule has 5 heterocycles. The van der Waals surface area contributed by atoms with Gasteiger partial charge in [0, 0.05) is 41.5 Å². The van der Waals surface area contributed by atoms with E-state index in [0.29, 0.717) is 12.8 Å². The first kappa shape index (κ1) is 33.5. The van der Waals surface area contributed by atoms with E-state index in [-0.39, 0.29) is 65.8 Å². The van der Waals surface area contributed by atoms with Gasteiger partial charge in [-0.15, -0.1) is 23.1 Å². The highest BCUT2D eigenvalue weighted by atomic mass is 32.2. The van der Waals surface area contributed by atoms with Crippen LogP contribution in [0.15, 0.2) is 45.8 Å². The number of carbonyl (C=O) groups excluding carboxylic acids is 3. The van der Waals surface area contributed by atoms with Gasteiger partial charge in [0.2, 0.25) is 11.3 Å². The van der Waals surface area contributed by atoms with Gasteiger partial charge in [0.15, 0.2) is 5.82 Å². The smallest absolute Gasteiger partial charge is 0.407 e. The maximum atomic E-state index is 16.0. The third-order valence-corrected chi connectivity index (χ3v) is 11.3. The summed E-state index contributed by atoms with van der Waals surface area (Å²) in [5.74, 6) is -5.76. The van der Waals surface area contributed by atoms with Gasteiger partial charge in [-0.3, -0.25) is 19.3 Å². The van der Waals surface area contributed by atoms with E-state index in [1.165, 1.54) is 32.6 Å². The van der Waals surface area contributed by atoms with Crippen LogP contribution in [0.5, 0.6) is 0 Å². The highest BCUT2D eigenvalue weighted by Crippen LogP contribution is 2.41. The van der Waals surface area contributed by atoms with Crippen LogP contribution in [0, 0.1) is 11.6 Å². The number of fused-ring (bicyclic) bond motifs is 2. The number of pyridine rings is 1. The topological polar surface area (TPSA) is 188 Å². The van der Waals surface area contributed by atoms with Gasteiger partial charge in [0.05, 0.1) is 23.4 Å². The average Bonchev–Trinajstić information content (AvgIpc) is 3.60. The van der Waals surface area contributed by atoms with Crippen LogP contribution in [0.3, 0.4) is 0 Å². The lowest BCUT2D eigenvalue weighted by Crippen LogP contribution is -2.70. The van der Waals surface area contributed by atoms with E-state index in [9.17, 15) is 39.0 Å². The van der Waals surface area contributed by atoms with Gasteiger partial charge < -0.3 is 35.1 Å². The molecule has 1 aromatic carbocycles. The van der Waals surface area contributed by atoms with Crippen molar-refractivity contribution in [2.45, 2.75) is 49.2 Å². The lowest BCUT2D eigenvalue weighted by molar-refractivity contribution is -0.150. The Kier molecular flexibility index (Phi) is 8.75. The van der Waals surface area contributed by atoms with Crippen molar-refractivity contribution in [3.05, 3.63) is 73.3 Å². The van der Waals surface area contributed by atoms with Crippen molar-refractivity contribution < 1.29 is 47.7 Å². The fraction of sp³-hybridized carbons (Fsp3) is 0.375. The van der Waals surface area contributed by atoms with E-state index < -0.39 is 76.3 Å². The van der Waals surface area contributed by atoms with Crippen LogP contribution in [0.4, 0.5) is 19.3 Å². The Morgan fingerprint density at radius 1 is 1.06 bits per heavy atom. The van der Waals surface area contributed by atoms with E-state index in [1.807, 2.05) is 11.4 Å². The monoisotopic (exact) mass is 729 g/mol. The zero-order valence-electron chi connectivity index (χ0n) is 26.0. The summed E-state index contributed by atoms with van der Waals surface area (Å²) in [7, 11) is 0. The van der Waals surface area contributed by atoms with Crippen molar-refractivity contribution in [3.63, 3.8) is 0 Å². The number of amides is 3. The number of nitrogens with zero attached hydrogens (tertiary/aromatic N) is 3. The first-order chi connectivity index (χ1) is 23.9. The molecule has 18 heteroatoms. The lowest BCUT2D eigenvalue weighted by atomic mass is 10.0. The number of anilines is 1. The number of hydrogen-bond acceptors (Lipinski definition) is 10. The molecule has 262 valence electrons. The van der Waals surface area contributed by atoms with Crippen molar-refractivity contribution in [1.82, 2.24) is 20.1 Å². The minimum atomic E-state index is -1.49. The molecule has 14 nitrogen and oxygen atoms in total. The SMILES string of the molecule is O=C(Cc1cccs1)N[C@@H]1C(=O)N2C(C(=O)O)=C(COC(=O)NC3CCN(c4c(F)cc5c(=O)c(C(=O)O)cn(C6CC6)c5c4F)C3)CS[C@H]12. The second-order valence-electron chi connectivity index (χ2n) is 12.4. The molecule has 1 saturated carbocycles. The highest BCUT2D eigenvalue weighted by Gasteiger charge is 2.54. The molecule has 0 bridgehead atoms. The Morgan fingerprint density at radius 3 is 2.52 bits per heavy atom. The summed E-state index contributed by atoms with van der Waals surface area (Å²) in [6.07, 6.45) is 1.86. The molecule has 3 fully saturated rings. The predicted octanol–water partition coefficient (Wildman–Crippen LogP) is 2.66. The molecule has 0 spiro atoms. The Balaban J connectivity index is 0.994. The number of carbonyl (C=O) groups is 5. The molecular weight excluding hydrogens is 701 g/mol. The Labute approximate surface area is 289 Å². The maximum Gasteiger partial charge on any atom is 0.407 e. The largest absolute Gasteiger partial charge is 0.477 e. The summed E-state index contributed by atoms with van der Waals surface area (Å²) in [4.78, 5) is 78.0. The van der Waals surface area contributed by atoms with Gasteiger partial charge in [0.1, 0.15) is 40.8 Å². The second kappa shape index (κ2) is 13.1. The minimum absolute atomic E-state index is 0.0161. The van der Waals surface area contributed by atoms with Crippen LogP contribution in [0.2, 0.25) is 0 Å². The normalized spacial score (nSPS) is 21.6. The van der Waals surface area contributed by atoms with E-state index in [4.69, 9.17) is 4.74 Å². The molecule has 4 N–H and O–H groups in total. The fourth-order valence-corrected chi connectivity index (χ4v) is 8.58. The predicted molar refractivity (Wildman–Crippen MR) is 176 cm³/mol. The van der Waals surface area contributed by atoms with Gasteiger partial charge in [0.25, 0.3) is 5.91 Å². The molecule has 7 rings (SSSR count). The number of aliphatic carboxylic acids is 1. The van der Waals surface area contributed by atoms with Crippen LogP contribution in [0.25, 0.3) is 10.9 Å². The molecule has 3 aliphatic heterocycles. The molecule has 1 aliphatic carbocycles. The van der Waals surface area contributed by atoms with Crippen molar-refractivity contribution in [3.8, 4) is 0 Å². The van der Waals surface area contributed by atoms with Crippen LogP contribution < -0.4 is 21.0 Å². The number of hydrogen-bond donors (Lipinski definition) is 4. The van der Waals surface area contributed by atoms with E-state index >= 15 is 8.78 Å². The first-order valence-corrected chi connectivity index (χ1v) is 17.6. The van der Waals surface area contributed by atoms with Crippen molar-refractivity contribution >= 4 is 69.5 Å². The van der Waals surface area contributed by atoms with Crippen LogP contribution in [-0.4, -0.2) is 92.4 Å². The number of carboxylic acids is 2. The third-order valence-electron chi connectivity index (χ3n) is 9.04. The standard InChI is InChI=1S/C32H29F2N5O9S2/c33-20-9-18-25(38(16-3-4-16)11-19(27(18)41)30(43)44)22(34)26(20)37-6-5-15(10-37)35-32(47)48-12-14-13-50-29-23(28(42)39(29)24(14)31(45)46)36-21(40)8-17-2-1-7-49-17/h1-2,7,9,11,15-16,23,29H,3-6,8,10,12-13H2,(H,35,47)(H,36,40)(H,43,44)(H,45,46)/t15?,23-,29-/m1/s1. The number of thioether (sulfide) groups is 1. The summed E-state index contributed by atoms with van der Waals surface area (Å²) >= 11 is 2.64. The number of thiophene rings is 1. The molecule has 2 saturated heterocycles. The zero-order valence-corrected chi connectivity index (χ0v) is 27.7. The highest BCUT2D eigenvalue weighted by molar-refractivity contribution is 8.00. The molecule has 2 aromatic heterocycles. The average molecular weight is 730 g/mol. The summed E-state index contributed by atoms with van der Waals surface area (Å²) < 4.78 is 38.1. The van der Waals surface area contributed by atoms with Crippen LogP contribution >= 0.6 is 23.1 Å². The van der Waals surface area contributed by atoms with E-state index in [2.05, 4.69) is 10.6 Å². The Bertz CT molecular complexity index is 2050. The number of aromatic nitrogens is 1. The van der Waals surface area contributed by atoms with Gasteiger partial charge in [-0.1, -0.05) is 6.07 Å². The van der Waals surface area contributed by atoms with Gasteiger partial charge in [-0.05, 0) is 36.8 Å². The second-order valence-corrected chi connectivity index (χ2v) is 14.5. The molecule has 3 atom stereocenters. The summed E-state index contributed by atoms with van der Waals surface area (Å²) in [6.45, 7) is -0.314. The molecule has 0 radical (unpaired) electrons. The number of aromatic carboxylic acids is 1. The number of alkyl carbamates (subject to hydrolysis) is 1. The summed E-state index contributed by atoms with van der Waals surface area (Å²) in [6, 6.07) is 2.73. The van der Waals surface area contributed by atoms with Gasteiger partial charge >= 0.3 is 18.0 Å². The van der Waals surface area contributed by atoms with Gasteiger partial charge in [-0.25, -0.2) is 23.2 Å². The van der Waals surface area contributed by atoms with Crippen molar-refractivity contribution in [2.75, 3.05) is 30.3 Å². The number of rotatable bonds is 10. The van der Waals surface area contributed by atoms with E-state index in [1.54, 1.807) is 6.07 Å². The first-order valence-electron chi connectivity index (χ1n) is 15.6. The molecule has 4 aliphatic rings. The minimum Gasteiger partial charge on any atom is -0.477 e. The van der Waals surface area contributed by atoms with Crippen LogP contribution in [0.1, 0.15) is 40.5 Å². The number of β-lactam (4-membered cyclic amide) rings is 1. The molecule has 1 unspecified atom stereocenters.